The second kappa shape index (κ2) is 11.2. The molecule has 3 rings (SSSR count). The van der Waals surface area contributed by atoms with Crippen LogP contribution < -0.4 is 15.9 Å². The van der Waals surface area contributed by atoms with Gasteiger partial charge < -0.3 is 9.84 Å². The third-order valence-corrected chi connectivity index (χ3v) is 5.74. The summed E-state index contributed by atoms with van der Waals surface area (Å²) in [5, 5.41) is 10.0. The molecule has 0 saturated heterocycles. The van der Waals surface area contributed by atoms with E-state index in [0.717, 1.165) is 6.20 Å². The normalized spacial score (nSPS) is 12.6. The Kier molecular flexibility index (Phi) is 8.43. The fourth-order valence-corrected chi connectivity index (χ4v) is 3.73. The Morgan fingerprint density at radius 2 is 1.95 bits per heavy atom. The molecule has 0 aliphatic rings. The number of aliphatic imine (C=N–C) groups is 1. The Morgan fingerprint density at radius 3 is 2.53 bits per heavy atom. The van der Waals surface area contributed by atoms with Crippen molar-refractivity contribution >= 4 is 23.1 Å². The molecule has 9 nitrogen and oxygen atoms in total. The van der Waals surface area contributed by atoms with Crippen molar-refractivity contribution in [2.75, 3.05) is 7.05 Å². The van der Waals surface area contributed by atoms with Gasteiger partial charge in [0.05, 0.1) is 11.9 Å². The van der Waals surface area contributed by atoms with Crippen molar-refractivity contribution in [3.05, 3.63) is 103 Å². The van der Waals surface area contributed by atoms with Gasteiger partial charge in [0.25, 0.3) is 11.1 Å². The van der Waals surface area contributed by atoms with E-state index >= 15 is 0 Å². The van der Waals surface area contributed by atoms with Gasteiger partial charge in [-0.1, -0.05) is 18.2 Å². The van der Waals surface area contributed by atoms with E-state index in [1.54, 1.807) is 13.8 Å². The van der Waals surface area contributed by atoms with E-state index in [1.807, 2.05) is 0 Å². The Bertz CT molecular complexity index is 1590. The van der Waals surface area contributed by atoms with Crippen LogP contribution in [0.4, 0.5) is 8.78 Å². The molecule has 0 atom stereocenters. The minimum Gasteiger partial charge on any atom is -0.485 e. The lowest BCUT2D eigenvalue weighted by Crippen LogP contribution is -2.36. The highest BCUT2D eigenvalue weighted by atomic mass is 35.5. The SMILES string of the molecule is C=C(C)/C(=C\C(=N/C)n1ccnc(C(C)(C)O)c1=O)n1c(C)cc(OCc2ncc(F)cc2F)c(Cl)c1=O. The third kappa shape index (κ3) is 5.95. The zero-order chi connectivity index (χ0) is 28.4. The monoisotopic (exact) mass is 545 g/mol. The van der Waals surface area contributed by atoms with Crippen molar-refractivity contribution in [1.29, 1.82) is 0 Å². The van der Waals surface area contributed by atoms with Crippen molar-refractivity contribution in [1.82, 2.24) is 19.1 Å². The Labute approximate surface area is 222 Å². The van der Waals surface area contributed by atoms with Crippen molar-refractivity contribution in [2.24, 2.45) is 4.99 Å². The Hall–Kier alpha value is -3.96. The molecule has 3 aromatic rings. The number of allylic oxidation sites excluding steroid dienone is 3. The van der Waals surface area contributed by atoms with Crippen molar-refractivity contribution in [3.8, 4) is 5.75 Å². The first kappa shape index (κ1) is 28.6. The molecule has 1 N–H and O–H groups in total. The van der Waals surface area contributed by atoms with Gasteiger partial charge in [0.2, 0.25) is 0 Å². The highest BCUT2D eigenvalue weighted by Gasteiger charge is 2.24. The van der Waals surface area contributed by atoms with E-state index in [9.17, 15) is 23.5 Å². The summed E-state index contributed by atoms with van der Waals surface area (Å²) < 4.78 is 35.0. The summed E-state index contributed by atoms with van der Waals surface area (Å²) in [7, 11) is 1.46. The molecule has 0 aromatic carbocycles. The van der Waals surface area contributed by atoms with E-state index in [-0.39, 0.29) is 40.3 Å². The highest BCUT2D eigenvalue weighted by Crippen LogP contribution is 2.26. The summed E-state index contributed by atoms with van der Waals surface area (Å²) in [6.07, 6.45) is 5.06. The standard InChI is InChI=1S/C26H26ClF2N5O4/c1-14(2)19(11-21(30-6)33-8-7-31-23(25(33)36)26(4,5)37)34-15(3)9-20(22(27)24(34)35)38-13-18-17(29)10-16(28)12-32-18/h7-12,37H,1,13H2,2-6H3/b19-11+,30-21+. The Morgan fingerprint density at radius 1 is 1.26 bits per heavy atom. The number of halogens is 3. The maximum absolute atomic E-state index is 13.9. The van der Waals surface area contributed by atoms with Crippen LogP contribution >= 0.6 is 11.6 Å². The van der Waals surface area contributed by atoms with Gasteiger partial charge in [0, 0.05) is 43.3 Å². The largest absolute Gasteiger partial charge is 0.485 e. The maximum Gasteiger partial charge on any atom is 0.280 e. The van der Waals surface area contributed by atoms with Crippen molar-refractivity contribution < 1.29 is 18.6 Å². The molecule has 3 aromatic heterocycles. The fraction of sp³-hybridized carbons (Fsp3) is 0.269. The van der Waals surface area contributed by atoms with Gasteiger partial charge in [-0.25, -0.2) is 8.78 Å². The molecule has 0 spiro atoms. The minimum atomic E-state index is -1.50. The van der Waals surface area contributed by atoms with Gasteiger partial charge in [-0.05, 0) is 33.3 Å². The van der Waals surface area contributed by atoms with Gasteiger partial charge >= 0.3 is 0 Å². The lowest BCUT2D eigenvalue weighted by Gasteiger charge is -2.19. The van der Waals surface area contributed by atoms with E-state index in [4.69, 9.17) is 16.3 Å². The summed E-state index contributed by atoms with van der Waals surface area (Å²) in [6.45, 7) is 9.70. The number of ether oxygens (including phenoxy) is 1. The first-order valence-corrected chi connectivity index (χ1v) is 11.6. The quantitative estimate of drug-likeness (QED) is 0.274. The molecule has 0 saturated carbocycles. The number of rotatable bonds is 7. The van der Waals surface area contributed by atoms with Gasteiger partial charge in [-0.2, -0.15) is 0 Å². The van der Waals surface area contributed by atoms with Crippen LogP contribution in [0.3, 0.4) is 0 Å². The summed E-state index contributed by atoms with van der Waals surface area (Å²) in [6, 6.07) is 2.14. The van der Waals surface area contributed by atoms with Crippen LogP contribution in [0.5, 0.6) is 5.75 Å². The van der Waals surface area contributed by atoms with Crippen LogP contribution in [0.15, 0.2) is 63.5 Å². The smallest absolute Gasteiger partial charge is 0.280 e. The highest BCUT2D eigenvalue weighted by molar-refractivity contribution is 6.31. The fourth-order valence-electron chi connectivity index (χ4n) is 3.54. The molecular formula is C26H26ClF2N5O4. The molecule has 0 fully saturated rings. The summed E-state index contributed by atoms with van der Waals surface area (Å²) in [4.78, 5) is 38.2. The van der Waals surface area contributed by atoms with E-state index in [2.05, 4.69) is 21.5 Å². The van der Waals surface area contributed by atoms with Crippen LogP contribution in [0.25, 0.3) is 5.70 Å². The van der Waals surface area contributed by atoms with Gasteiger partial charge in [-0.3, -0.25) is 33.7 Å². The predicted molar refractivity (Wildman–Crippen MR) is 141 cm³/mol. The lowest BCUT2D eigenvalue weighted by molar-refractivity contribution is 0.0719. The molecule has 0 bridgehead atoms. The van der Waals surface area contributed by atoms with Gasteiger partial charge in [0.1, 0.15) is 46.0 Å². The van der Waals surface area contributed by atoms with Gasteiger partial charge in [0.15, 0.2) is 5.82 Å². The Balaban J connectivity index is 2.08. The number of hydrogen-bond acceptors (Lipinski definition) is 7. The maximum atomic E-state index is 13.9. The molecule has 12 heteroatoms. The molecule has 0 amide bonds. The van der Waals surface area contributed by atoms with E-state index in [1.165, 1.54) is 54.6 Å². The van der Waals surface area contributed by atoms with Crippen LogP contribution in [-0.4, -0.2) is 37.1 Å². The number of aryl methyl sites for hydroxylation is 1. The zero-order valence-electron chi connectivity index (χ0n) is 21.4. The third-order valence-electron chi connectivity index (χ3n) is 5.39. The van der Waals surface area contributed by atoms with Crippen molar-refractivity contribution in [3.63, 3.8) is 0 Å². The average Bonchev–Trinajstić information content (AvgIpc) is 2.83. The van der Waals surface area contributed by atoms with Crippen LogP contribution in [0.1, 0.15) is 37.9 Å². The molecule has 0 aliphatic carbocycles. The van der Waals surface area contributed by atoms with Gasteiger partial charge in [-0.15, -0.1) is 0 Å². The molecule has 3 heterocycles. The predicted octanol–water partition coefficient (Wildman–Crippen LogP) is 3.84. The summed E-state index contributed by atoms with van der Waals surface area (Å²) in [5.74, 6) is -1.62. The summed E-state index contributed by atoms with van der Waals surface area (Å²) >= 11 is 6.32. The topological polar surface area (TPSA) is 112 Å². The second-order valence-electron chi connectivity index (χ2n) is 8.88. The second-order valence-corrected chi connectivity index (χ2v) is 9.25. The minimum absolute atomic E-state index is 0.0263. The van der Waals surface area contributed by atoms with E-state index < -0.39 is 28.4 Å². The number of nitrogens with zero attached hydrogens (tertiary/aromatic N) is 5. The average molecular weight is 546 g/mol. The van der Waals surface area contributed by atoms with E-state index in [0.29, 0.717) is 17.3 Å². The number of aliphatic hydroxyl groups is 1. The molecule has 0 aliphatic heterocycles. The molecule has 200 valence electrons. The number of aromatic nitrogens is 4. The molecular weight excluding hydrogens is 520 g/mol. The van der Waals surface area contributed by atoms with Crippen LogP contribution in [0.2, 0.25) is 5.02 Å². The molecule has 0 unspecified atom stereocenters. The molecule has 38 heavy (non-hydrogen) atoms. The molecule has 0 radical (unpaired) electrons. The first-order valence-electron chi connectivity index (χ1n) is 11.3. The summed E-state index contributed by atoms with van der Waals surface area (Å²) in [5.41, 5.74) is -1.90. The number of pyridine rings is 2. The number of hydrogen-bond donors (Lipinski definition) is 1. The zero-order valence-corrected chi connectivity index (χ0v) is 22.2. The van der Waals surface area contributed by atoms with Crippen LogP contribution in [-0.2, 0) is 12.2 Å². The lowest BCUT2D eigenvalue weighted by atomic mass is 10.1. The first-order chi connectivity index (χ1) is 17.8. The van der Waals surface area contributed by atoms with Crippen molar-refractivity contribution in [2.45, 2.75) is 39.9 Å². The van der Waals surface area contributed by atoms with Crippen LogP contribution in [0, 0.1) is 18.6 Å².